The molecule has 3 aliphatic heterocycles. The lowest BCUT2D eigenvalue weighted by atomic mass is 10.0. The Labute approximate surface area is 445 Å². The lowest BCUT2D eigenvalue weighted by Crippen LogP contribution is -2.55. The first-order chi connectivity index (χ1) is 36.2. The van der Waals surface area contributed by atoms with Crippen molar-refractivity contribution in [3.05, 3.63) is 124 Å². The lowest BCUT2D eigenvalue weighted by molar-refractivity contribution is -0.143. The van der Waals surface area contributed by atoms with Crippen LogP contribution in [0.25, 0.3) is 10.4 Å². The lowest BCUT2D eigenvalue weighted by Gasteiger charge is -2.35. The molecule has 76 heavy (non-hydrogen) atoms. The molecule has 4 aromatic carbocycles. The molecule has 5 aromatic rings. The average Bonchev–Trinajstić information content (AvgIpc) is 4.16. The number of rotatable bonds is 20. The van der Waals surface area contributed by atoms with Gasteiger partial charge in [0.2, 0.25) is 11.8 Å². The third kappa shape index (κ3) is 11.7. The molecule has 0 aliphatic carbocycles. The van der Waals surface area contributed by atoms with Gasteiger partial charge in [-0.3, -0.25) is 24.1 Å². The molecular formula is C54H55F4N7O9S2. The molecule has 0 radical (unpaired) electrons. The molecule has 0 spiro atoms. The highest BCUT2D eigenvalue weighted by Crippen LogP contribution is 2.40. The topological polar surface area (TPSA) is 187 Å². The number of carbonyl (C=O) groups is 4. The number of amides is 4. The SMILES string of the molecule is Cc1ncsc1-c1ccc(CNC(=O)C2C[C@@H](O)CN2C(=O)[C@H](C(C)C)N2Cc3ccc(F)cc3C2=O)c(OCCOCCOCCOc2ccc(N3C(=S)N(c4ccc(C#N)c(C(F)(F)F)c4)C(=O)C3(C)C)cc2)c1. The number of nitrogens with zero attached hydrogens (tertiary/aromatic N) is 6. The quantitative estimate of drug-likeness (QED) is 0.0437. The van der Waals surface area contributed by atoms with Crippen LogP contribution in [-0.2, 0) is 43.1 Å². The van der Waals surface area contributed by atoms with E-state index in [4.69, 9.17) is 31.2 Å². The van der Waals surface area contributed by atoms with Crippen molar-refractivity contribution in [2.75, 3.05) is 56.0 Å². The highest BCUT2D eigenvalue weighted by molar-refractivity contribution is 7.81. The van der Waals surface area contributed by atoms with Gasteiger partial charge >= 0.3 is 6.18 Å². The number of carbonyl (C=O) groups excluding carboxylic acids is 4. The van der Waals surface area contributed by atoms with Gasteiger partial charge in [0.1, 0.15) is 48.2 Å². The number of aryl methyl sites for hydroxylation is 1. The second kappa shape index (κ2) is 23.1. The smallest absolute Gasteiger partial charge is 0.417 e. The number of hydrogen-bond acceptors (Lipinski definition) is 13. The third-order valence-electron chi connectivity index (χ3n) is 13.3. The summed E-state index contributed by atoms with van der Waals surface area (Å²) >= 11 is 7.11. The molecule has 0 bridgehead atoms. The van der Waals surface area contributed by atoms with E-state index in [0.717, 1.165) is 33.2 Å². The molecule has 4 amide bonds. The molecule has 22 heteroatoms. The first-order valence-corrected chi connectivity index (χ1v) is 25.7. The van der Waals surface area contributed by atoms with Crippen LogP contribution in [0.1, 0.15) is 72.4 Å². The number of hydrogen-bond donors (Lipinski definition) is 2. The molecule has 1 aromatic heterocycles. The van der Waals surface area contributed by atoms with Crippen molar-refractivity contribution < 1.29 is 60.8 Å². The Morgan fingerprint density at radius 2 is 1.63 bits per heavy atom. The van der Waals surface area contributed by atoms with Gasteiger partial charge in [-0.2, -0.15) is 18.4 Å². The van der Waals surface area contributed by atoms with Gasteiger partial charge in [-0.05, 0) is 111 Å². The number of alkyl halides is 3. The Balaban J connectivity index is 0.799. The first kappa shape index (κ1) is 55.2. The van der Waals surface area contributed by atoms with E-state index in [0.29, 0.717) is 28.3 Å². The van der Waals surface area contributed by atoms with Crippen molar-refractivity contribution in [3.63, 3.8) is 0 Å². The Morgan fingerprint density at radius 3 is 2.29 bits per heavy atom. The number of halogens is 4. The van der Waals surface area contributed by atoms with E-state index in [2.05, 4.69) is 10.3 Å². The largest absolute Gasteiger partial charge is 0.491 e. The monoisotopic (exact) mass is 1090 g/mol. The van der Waals surface area contributed by atoms with Gasteiger partial charge in [0.15, 0.2) is 5.11 Å². The van der Waals surface area contributed by atoms with Crippen molar-refractivity contribution in [2.24, 2.45) is 5.92 Å². The van der Waals surface area contributed by atoms with E-state index in [1.165, 1.54) is 45.4 Å². The number of aliphatic hydroxyl groups is 1. The van der Waals surface area contributed by atoms with Crippen LogP contribution in [0, 0.1) is 30.0 Å². The minimum atomic E-state index is -4.82. The number of thiazole rings is 1. The first-order valence-electron chi connectivity index (χ1n) is 24.4. The normalized spacial score (nSPS) is 17.6. The molecular weight excluding hydrogens is 1030 g/mol. The number of anilines is 2. The van der Waals surface area contributed by atoms with Crippen LogP contribution in [0.5, 0.6) is 11.5 Å². The summed E-state index contributed by atoms with van der Waals surface area (Å²) in [6, 6.07) is 18.9. The minimum Gasteiger partial charge on any atom is -0.491 e. The van der Waals surface area contributed by atoms with Gasteiger partial charge < -0.3 is 44.1 Å². The summed E-state index contributed by atoms with van der Waals surface area (Å²) in [7, 11) is 0. The summed E-state index contributed by atoms with van der Waals surface area (Å²) in [6.45, 7) is 10.1. The number of fused-ring (bicyclic) bond motifs is 1. The second-order valence-electron chi connectivity index (χ2n) is 19.2. The molecule has 4 heterocycles. The number of β-amino-alcohol motifs (C(OH)–C–C–N with tert-alkyl or cyclic N) is 1. The van der Waals surface area contributed by atoms with Gasteiger partial charge in [0.25, 0.3) is 11.8 Å². The predicted octanol–water partition coefficient (Wildman–Crippen LogP) is 7.81. The number of nitrogens with one attached hydrogen (secondary N) is 1. The van der Waals surface area contributed by atoms with Crippen LogP contribution in [0.4, 0.5) is 28.9 Å². The van der Waals surface area contributed by atoms with Crippen molar-refractivity contribution in [1.29, 1.82) is 5.26 Å². The van der Waals surface area contributed by atoms with Gasteiger partial charge in [0.05, 0.1) is 71.5 Å². The van der Waals surface area contributed by atoms with E-state index in [1.54, 1.807) is 68.4 Å². The summed E-state index contributed by atoms with van der Waals surface area (Å²) in [6.07, 6.45) is -5.78. The summed E-state index contributed by atoms with van der Waals surface area (Å²) in [5, 5.41) is 22.9. The highest BCUT2D eigenvalue weighted by Gasteiger charge is 2.51. The Kier molecular flexibility index (Phi) is 16.8. The molecule has 1 unspecified atom stereocenters. The Morgan fingerprint density at radius 1 is 0.947 bits per heavy atom. The minimum absolute atomic E-state index is 0.00391. The van der Waals surface area contributed by atoms with E-state index in [1.807, 2.05) is 25.1 Å². The van der Waals surface area contributed by atoms with E-state index < -0.39 is 70.5 Å². The standard InChI is InChI=1S/C54H55F4N7O9S2/c1-31(2)46(63-28-36-8-10-37(55)23-42(36)49(63)68)50(69)62-29-40(66)25-44(62)48(67)60-27-35-7-6-33(47-32(3)61-30-76-47)22-45(35)74-21-19-72-17-16-71-18-20-73-41-14-12-38(13-15-41)65-52(75)64(51(70)53(65,4)5)39-11-9-34(26-59)43(24-39)54(56,57)58/h6-15,22-24,30-31,40,44,46,66H,16-21,25,27-29H2,1-5H3,(H,60,67)/t40-,44?,46+/m1/s1. The second-order valence-corrected chi connectivity index (χ2v) is 20.4. The third-order valence-corrected chi connectivity index (χ3v) is 14.7. The maximum absolute atomic E-state index is 14.2. The van der Waals surface area contributed by atoms with E-state index in [9.17, 15) is 47.1 Å². The molecule has 400 valence electrons. The van der Waals surface area contributed by atoms with Crippen LogP contribution >= 0.6 is 23.6 Å². The van der Waals surface area contributed by atoms with Crippen LogP contribution in [0.15, 0.2) is 84.4 Å². The van der Waals surface area contributed by atoms with Crippen LogP contribution < -0.4 is 24.6 Å². The zero-order valence-electron chi connectivity index (χ0n) is 42.2. The van der Waals surface area contributed by atoms with Crippen LogP contribution in [0.2, 0.25) is 0 Å². The fourth-order valence-corrected chi connectivity index (χ4v) is 10.9. The zero-order chi connectivity index (χ0) is 54.6. The fraction of sp³-hybridized carbons (Fsp3) is 0.389. The summed E-state index contributed by atoms with van der Waals surface area (Å²) in [5.41, 5.74) is 2.33. The summed E-state index contributed by atoms with van der Waals surface area (Å²) < 4.78 is 78.9. The number of aromatic nitrogens is 1. The predicted molar refractivity (Wildman–Crippen MR) is 277 cm³/mol. The number of likely N-dealkylation sites (tertiary alicyclic amines) is 1. The van der Waals surface area contributed by atoms with Crippen LogP contribution in [-0.4, -0.2) is 119 Å². The van der Waals surface area contributed by atoms with Gasteiger partial charge in [-0.1, -0.05) is 32.0 Å². The molecule has 3 aliphatic rings. The van der Waals surface area contributed by atoms with E-state index >= 15 is 0 Å². The van der Waals surface area contributed by atoms with Crippen molar-refractivity contribution in [2.45, 2.75) is 84.0 Å². The number of ether oxygens (including phenoxy) is 4. The van der Waals surface area contributed by atoms with Gasteiger partial charge in [-0.25, -0.2) is 9.37 Å². The van der Waals surface area contributed by atoms with Gasteiger partial charge in [-0.15, -0.1) is 11.3 Å². The Hall–Kier alpha value is -7.03. The van der Waals surface area contributed by atoms with E-state index in [-0.39, 0.29) is 88.0 Å². The van der Waals surface area contributed by atoms with Crippen molar-refractivity contribution >= 4 is 63.7 Å². The molecule has 2 saturated heterocycles. The molecule has 2 fully saturated rings. The summed E-state index contributed by atoms with van der Waals surface area (Å²) in [4.78, 5) is 65.8. The number of nitriles is 1. The Bertz CT molecular complexity index is 3060. The average molecular weight is 1090 g/mol. The summed E-state index contributed by atoms with van der Waals surface area (Å²) in [5.74, 6) is -1.89. The molecule has 0 saturated carbocycles. The zero-order valence-corrected chi connectivity index (χ0v) is 43.8. The maximum Gasteiger partial charge on any atom is 0.417 e. The number of aliphatic hydroxyl groups excluding tert-OH is 1. The number of thiocarbonyl (C=S) groups is 1. The fourth-order valence-electron chi connectivity index (χ4n) is 9.53. The van der Waals surface area contributed by atoms with Gasteiger partial charge in [0, 0.05) is 42.9 Å². The van der Waals surface area contributed by atoms with Crippen molar-refractivity contribution in [1.82, 2.24) is 20.1 Å². The number of benzene rings is 4. The maximum atomic E-state index is 14.2. The molecule has 3 atom stereocenters. The van der Waals surface area contributed by atoms with Crippen LogP contribution in [0.3, 0.4) is 0 Å². The molecule has 2 N–H and O–H groups in total. The van der Waals surface area contributed by atoms with Crippen molar-refractivity contribution in [3.8, 4) is 28.0 Å². The molecule has 8 rings (SSSR count). The highest BCUT2D eigenvalue weighted by atomic mass is 32.1. The molecule has 16 nitrogen and oxygen atoms in total.